The molecule has 0 radical (unpaired) electrons. The molecule has 0 N–H and O–H groups in total. The van der Waals surface area contributed by atoms with E-state index in [0.29, 0.717) is 5.41 Å². The molecule has 2 fully saturated rings. The van der Waals surface area contributed by atoms with E-state index in [-0.39, 0.29) is 0 Å². The van der Waals surface area contributed by atoms with Gasteiger partial charge in [-0.2, -0.15) is 0 Å². The lowest BCUT2D eigenvalue weighted by molar-refractivity contribution is -0.0624. The van der Waals surface area contributed by atoms with Crippen molar-refractivity contribution in [2.75, 3.05) is 0 Å². The quantitative estimate of drug-likeness (QED) is 0.547. The molecule has 0 heterocycles. The summed E-state index contributed by atoms with van der Waals surface area (Å²) in [6.45, 7) is 10.1. The maximum atomic E-state index is 2.53. The van der Waals surface area contributed by atoms with Gasteiger partial charge in [0.2, 0.25) is 0 Å². The minimum absolute atomic E-state index is 0.640. The molecule has 19 heavy (non-hydrogen) atoms. The smallest absolute Gasteiger partial charge is 0.0195 e. The molecule has 2 aliphatic carbocycles. The summed E-state index contributed by atoms with van der Waals surface area (Å²) >= 11 is 0. The summed E-state index contributed by atoms with van der Waals surface area (Å²) in [7, 11) is 0. The molecule has 112 valence electrons. The second-order valence-corrected chi connectivity index (χ2v) is 7.98. The van der Waals surface area contributed by atoms with E-state index in [4.69, 9.17) is 0 Å². The Kier molecular flexibility index (Phi) is 5.37. The van der Waals surface area contributed by atoms with Gasteiger partial charge in [0, 0.05) is 0 Å². The minimum Gasteiger partial charge on any atom is -0.0622 e. The Labute approximate surface area is 121 Å². The van der Waals surface area contributed by atoms with Gasteiger partial charge in [-0.15, -0.1) is 0 Å². The van der Waals surface area contributed by atoms with Crippen molar-refractivity contribution in [3.05, 3.63) is 0 Å². The molecule has 0 aromatic rings. The second kappa shape index (κ2) is 6.64. The van der Waals surface area contributed by atoms with Crippen molar-refractivity contribution < 1.29 is 0 Å². The van der Waals surface area contributed by atoms with Crippen LogP contribution in [0.2, 0.25) is 0 Å². The molecule has 0 aromatic carbocycles. The van der Waals surface area contributed by atoms with Gasteiger partial charge in [-0.05, 0) is 54.8 Å². The predicted molar refractivity (Wildman–Crippen MR) is 85.3 cm³/mol. The average molecular weight is 264 g/mol. The molecule has 0 amide bonds. The molecule has 0 unspecified atom stereocenters. The van der Waals surface area contributed by atoms with Crippen LogP contribution in [0.15, 0.2) is 0 Å². The second-order valence-electron chi connectivity index (χ2n) is 7.98. The van der Waals surface area contributed by atoms with Crippen molar-refractivity contribution in [3.8, 4) is 0 Å². The maximum Gasteiger partial charge on any atom is -0.0195 e. The van der Waals surface area contributed by atoms with Gasteiger partial charge in [0.05, 0.1) is 0 Å². The van der Waals surface area contributed by atoms with Gasteiger partial charge in [-0.25, -0.2) is 0 Å². The van der Waals surface area contributed by atoms with Crippen LogP contribution in [0.4, 0.5) is 0 Å². The van der Waals surface area contributed by atoms with Crippen molar-refractivity contribution >= 4 is 0 Å². The van der Waals surface area contributed by atoms with Crippen LogP contribution < -0.4 is 0 Å². The highest BCUT2D eigenvalue weighted by molar-refractivity contribution is 4.98. The summed E-state index contributed by atoms with van der Waals surface area (Å²) in [5.41, 5.74) is 0.640. The van der Waals surface area contributed by atoms with E-state index >= 15 is 0 Å². The molecule has 0 saturated heterocycles. The first-order chi connectivity index (χ1) is 9.10. The first kappa shape index (κ1) is 15.4. The lowest BCUT2D eigenvalue weighted by Gasteiger charge is -2.55. The molecule has 0 aliphatic heterocycles. The largest absolute Gasteiger partial charge is 0.0622 e. The van der Waals surface area contributed by atoms with Crippen molar-refractivity contribution in [2.24, 2.45) is 29.1 Å². The van der Waals surface area contributed by atoms with E-state index in [0.717, 1.165) is 23.7 Å². The van der Waals surface area contributed by atoms with Crippen LogP contribution in [0.5, 0.6) is 0 Å². The van der Waals surface area contributed by atoms with Crippen LogP contribution in [-0.2, 0) is 0 Å². The zero-order valence-corrected chi connectivity index (χ0v) is 13.9. The van der Waals surface area contributed by atoms with Gasteiger partial charge in [-0.1, -0.05) is 66.2 Å². The SMILES string of the molecule is CC(C)C(C(C)C)(C1CCCCC1)C1CCCCC1. The van der Waals surface area contributed by atoms with Crippen molar-refractivity contribution in [1.82, 2.24) is 0 Å². The van der Waals surface area contributed by atoms with Crippen LogP contribution in [0, 0.1) is 29.1 Å². The highest BCUT2D eigenvalue weighted by Crippen LogP contribution is 2.57. The van der Waals surface area contributed by atoms with E-state index in [1.165, 1.54) is 64.2 Å². The van der Waals surface area contributed by atoms with Crippen molar-refractivity contribution in [3.63, 3.8) is 0 Å². The first-order valence-corrected chi connectivity index (χ1v) is 9.10. The average Bonchev–Trinajstić information content (AvgIpc) is 2.41. The zero-order valence-electron chi connectivity index (χ0n) is 13.9. The number of hydrogen-bond donors (Lipinski definition) is 0. The standard InChI is InChI=1S/C19H36/c1-15(2)19(16(3)4,17-11-7-5-8-12-17)18-13-9-6-10-14-18/h15-18H,5-14H2,1-4H3. The molecule has 2 saturated carbocycles. The summed E-state index contributed by atoms with van der Waals surface area (Å²) in [6.07, 6.45) is 15.1. The molecule has 0 atom stereocenters. The minimum atomic E-state index is 0.640. The van der Waals surface area contributed by atoms with E-state index in [1.54, 1.807) is 0 Å². The monoisotopic (exact) mass is 264 g/mol. The Morgan fingerprint density at radius 2 is 0.895 bits per heavy atom. The summed E-state index contributed by atoms with van der Waals surface area (Å²) in [5, 5.41) is 0. The third kappa shape index (κ3) is 2.88. The van der Waals surface area contributed by atoms with E-state index in [2.05, 4.69) is 27.7 Å². The van der Waals surface area contributed by atoms with Gasteiger partial charge in [-0.3, -0.25) is 0 Å². The molecule has 0 heteroatoms. The van der Waals surface area contributed by atoms with Gasteiger partial charge in [0.1, 0.15) is 0 Å². The Bertz CT molecular complexity index is 223. The molecular formula is C19H36. The topological polar surface area (TPSA) is 0 Å². The van der Waals surface area contributed by atoms with Crippen LogP contribution in [0.3, 0.4) is 0 Å². The third-order valence-corrected chi connectivity index (χ3v) is 6.62. The van der Waals surface area contributed by atoms with Crippen LogP contribution in [0.25, 0.3) is 0 Å². The Morgan fingerprint density at radius 1 is 0.579 bits per heavy atom. The first-order valence-electron chi connectivity index (χ1n) is 9.10. The fourth-order valence-electron chi connectivity index (χ4n) is 6.09. The predicted octanol–water partition coefficient (Wildman–Crippen LogP) is 6.45. The van der Waals surface area contributed by atoms with Crippen molar-refractivity contribution in [2.45, 2.75) is 91.9 Å². The van der Waals surface area contributed by atoms with E-state index < -0.39 is 0 Å². The molecule has 2 rings (SSSR count). The molecule has 0 aromatic heterocycles. The number of hydrogen-bond acceptors (Lipinski definition) is 0. The molecule has 0 bridgehead atoms. The lowest BCUT2D eigenvalue weighted by atomic mass is 9.50. The normalized spacial score (nSPS) is 24.3. The fourth-order valence-corrected chi connectivity index (χ4v) is 6.09. The van der Waals surface area contributed by atoms with Crippen LogP contribution >= 0.6 is 0 Å². The Morgan fingerprint density at radius 3 is 1.16 bits per heavy atom. The van der Waals surface area contributed by atoms with Gasteiger partial charge in [0.25, 0.3) is 0 Å². The fraction of sp³-hybridized carbons (Fsp3) is 1.00. The highest BCUT2D eigenvalue weighted by atomic mass is 14.5. The lowest BCUT2D eigenvalue weighted by Crippen LogP contribution is -2.48. The molecule has 2 aliphatic rings. The summed E-state index contributed by atoms with van der Waals surface area (Å²) < 4.78 is 0. The molecule has 0 nitrogen and oxygen atoms in total. The van der Waals surface area contributed by atoms with Gasteiger partial charge in [0.15, 0.2) is 0 Å². The molecule has 0 spiro atoms. The zero-order chi connectivity index (χ0) is 13.9. The number of rotatable bonds is 4. The van der Waals surface area contributed by atoms with Crippen LogP contribution in [-0.4, -0.2) is 0 Å². The summed E-state index contributed by atoms with van der Waals surface area (Å²) in [4.78, 5) is 0. The summed E-state index contributed by atoms with van der Waals surface area (Å²) in [5.74, 6) is 3.76. The highest BCUT2D eigenvalue weighted by Gasteiger charge is 2.49. The van der Waals surface area contributed by atoms with Gasteiger partial charge < -0.3 is 0 Å². The maximum absolute atomic E-state index is 2.53. The summed E-state index contributed by atoms with van der Waals surface area (Å²) in [6, 6.07) is 0. The van der Waals surface area contributed by atoms with E-state index in [9.17, 15) is 0 Å². The Hall–Kier alpha value is 0. The molecular weight excluding hydrogens is 228 g/mol. The van der Waals surface area contributed by atoms with Gasteiger partial charge >= 0.3 is 0 Å². The third-order valence-electron chi connectivity index (χ3n) is 6.62. The van der Waals surface area contributed by atoms with Crippen LogP contribution in [0.1, 0.15) is 91.9 Å². The van der Waals surface area contributed by atoms with Crippen molar-refractivity contribution in [1.29, 1.82) is 0 Å². The Balaban J connectivity index is 2.28. The van der Waals surface area contributed by atoms with E-state index in [1.807, 2.05) is 0 Å².